The van der Waals surface area contributed by atoms with Crippen molar-refractivity contribution in [3.05, 3.63) is 0 Å². The second kappa shape index (κ2) is 6.50. The minimum absolute atomic E-state index is 0.0887. The minimum Gasteiger partial charge on any atom is -0.480 e. The van der Waals surface area contributed by atoms with Gasteiger partial charge in [0.2, 0.25) is 0 Å². The molecule has 108 valence electrons. The molecule has 0 aromatic carbocycles. The fraction of sp³-hybridized carbons (Fsp3) is 0.846. The average molecular weight is 286 g/mol. The topological polar surface area (TPSA) is 60.9 Å². The first-order chi connectivity index (χ1) is 9.13. The van der Waals surface area contributed by atoms with E-state index in [1.165, 1.54) is 29.5 Å². The van der Waals surface area contributed by atoms with Crippen LogP contribution < -0.4 is 0 Å². The Morgan fingerprint density at radius 3 is 2.79 bits per heavy atom. The standard InChI is InChI=1S/C13H22N2O3S/c1-2-10-4-3-6-14(7-5-10)13(18)15-9-19-8-11(15)12(16)17/h10-11H,2-9H2,1H3,(H,16,17). The number of nitrogens with zero attached hydrogens (tertiary/aromatic N) is 2. The van der Waals surface area contributed by atoms with Gasteiger partial charge in [-0.05, 0) is 25.2 Å². The van der Waals surface area contributed by atoms with Crippen molar-refractivity contribution < 1.29 is 14.7 Å². The summed E-state index contributed by atoms with van der Waals surface area (Å²) in [6.07, 6.45) is 4.42. The Hall–Kier alpha value is -0.910. The third-order valence-electron chi connectivity index (χ3n) is 4.11. The fourth-order valence-corrected chi connectivity index (χ4v) is 3.92. The van der Waals surface area contributed by atoms with E-state index in [9.17, 15) is 9.59 Å². The van der Waals surface area contributed by atoms with E-state index >= 15 is 0 Å². The van der Waals surface area contributed by atoms with Crippen molar-refractivity contribution in [3.63, 3.8) is 0 Å². The van der Waals surface area contributed by atoms with Crippen LogP contribution in [-0.4, -0.2) is 57.7 Å². The van der Waals surface area contributed by atoms with Gasteiger partial charge >= 0.3 is 12.0 Å². The molecule has 6 heteroatoms. The second-order valence-electron chi connectivity index (χ2n) is 5.30. The van der Waals surface area contributed by atoms with E-state index in [1.54, 1.807) is 0 Å². The second-order valence-corrected chi connectivity index (χ2v) is 6.30. The van der Waals surface area contributed by atoms with Crippen LogP contribution >= 0.6 is 11.8 Å². The van der Waals surface area contributed by atoms with E-state index in [2.05, 4.69) is 6.92 Å². The highest BCUT2D eigenvalue weighted by molar-refractivity contribution is 7.99. The van der Waals surface area contributed by atoms with Gasteiger partial charge in [0.05, 0.1) is 5.88 Å². The highest BCUT2D eigenvalue weighted by Crippen LogP contribution is 2.25. The van der Waals surface area contributed by atoms with Gasteiger partial charge in [-0.1, -0.05) is 13.3 Å². The molecule has 0 aromatic heterocycles. The summed E-state index contributed by atoms with van der Waals surface area (Å²) in [7, 11) is 0. The fourth-order valence-electron chi connectivity index (χ4n) is 2.78. The molecule has 2 unspecified atom stereocenters. The molecule has 2 fully saturated rings. The molecule has 0 radical (unpaired) electrons. The van der Waals surface area contributed by atoms with Crippen molar-refractivity contribution in [2.75, 3.05) is 24.7 Å². The largest absolute Gasteiger partial charge is 0.480 e. The van der Waals surface area contributed by atoms with Gasteiger partial charge in [0.1, 0.15) is 6.04 Å². The van der Waals surface area contributed by atoms with Crippen LogP contribution in [-0.2, 0) is 4.79 Å². The van der Waals surface area contributed by atoms with E-state index in [-0.39, 0.29) is 6.03 Å². The van der Waals surface area contributed by atoms with E-state index in [4.69, 9.17) is 5.11 Å². The lowest BCUT2D eigenvalue weighted by atomic mass is 9.98. The van der Waals surface area contributed by atoms with Crippen LogP contribution in [0.3, 0.4) is 0 Å². The summed E-state index contributed by atoms with van der Waals surface area (Å²) in [5.74, 6) is 0.830. The first kappa shape index (κ1) is 14.5. The predicted octanol–water partition coefficient (Wildman–Crippen LogP) is 2.08. The molecular formula is C13H22N2O3S. The molecule has 5 nitrogen and oxygen atoms in total. The molecule has 2 aliphatic heterocycles. The van der Waals surface area contributed by atoms with Crippen molar-refractivity contribution in [3.8, 4) is 0 Å². The molecule has 2 heterocycles. The van der Waals surface area contributed by atoms with Crippen molar-refractivity contribution in [1.82, 2.24) is 9.80 Å². The molecule has 2 amide bonds. The third-order valence-corrected chi connectivity index (χ3v) is 5.12. The number of urea groups is 1. The number of rotatable bonds is 2. The lowest BCUT2D eigenvalue weighted by Gasteiger charge is -2.29. The molecule has 2 saturated heterocycles. The minimum atomic E-state index is -0.889. The summed E-state index contributed by atoms with van der Waals surface area (Å²) in [5, 5.41) is 9.14. The Labute approximate surface area is 118 Å². The Bertz CT molecular complexity index is 351. The molecule has 0 aromatic rings. The molecule has 1 N–H and O–H groups in total. The third kappa shape index (κ3) is 3.35. The van der Waals surface area contributed by atoms with Gasteiger partial charge in [0.15, 0.2) is 0 Å². The summed E-state index contributed by atoms with van der Waals surface area (Å²) < 4.78 is 0. The molecule has 19 heavy (non-hydrogen) atoms. The molecular weight excluding hydrogens is 264 g/mol. The zero-order chi connectivity index (χ0) is 13.8. The number of thioether (sulfide) groups is 1. The molecule has 2 atom stereocenters. The number of hydrogen-bond donors (Lipinski definition) is 1. The van der Waals surface area contributed by atoms with Crippen LogP contribution in [0.5, 0.6) is 0 Å². The van der Waals surface area contributed by atoms with Crippen molar-refractivity contribution in [2.24, 2.45) is 5.92 Å². The number of carbonyl (C=O) groups is 2. The van der Waals surface area contributed by atoms with Crippen LogP contribution in [0.1, 0.15) is 32.6 Å². The van der Waals surface area contributed by atoms with Crippen LogP contribution in [0.2, 0.25) is 0 Å². The summed E-state index contributed by atoms with van der Waals surface area (Å²) in [4.78, 5) is 26.9. The van der Waals surface area contributed by atoms with E-state index in [0.717, 1.165) is 25.9 Å². The quantitative estimate of drug-likeness (QED) is 0.844. The molecule has 2 aliphatic rings. The Morgan fingerprint density at radius 2 is 2.11 bits per heavy atom. The van der Waals surface area contributed by atoms with Gasteiger partial charge in [0.25, 0.3) is 0 Å². The maximum atomic E-state index is 12.4. The average Bonchev–Trinajstić information content (AvgIpc) is 2.76. The SMILES string of the molecule is CCC1CCCN(C(=O)N2CSCC2C(=O)O)CC1. The van der Waals surface area contributed by atoms with E-state index < -0.39 is 12.0 Å². The van der Waals surface area contributed by atoms with Crippen molar-refractivity contribution in [2.45, 2.75) is 38.6 Å². The predicted molar refractivity (Wildman–Crippen MR) is 75.2 cm³/mol. The van der Waals surface area contributed by atoms with Gasteiger partial charge in [-0.3, -0.25) is 0 Å². The summed E-state index contributed by atoms with van der Waals surface area (Å²) in [6, 6.07) is -0.739. The molecule has 0 bridgehead atoms. The first-order valence-corrected chi connectivity index (χ1v) is 8.15. The van der Waals surface area contributed by atoms with Gasteiger partial charge in [-0.25, -0.2) is 9.59 Å². The maximum absolute atomic E-state index is 12.4. The zero-order valence-electron chi connectivity index (χ0n) is 11.4. The number of amides is 2. The highest BCUT2D eigenvalue weighted by atomic mass is 32.2. The summed E-state index contributed by atoms with van der Waals surface area (Å²) >= 11 is 1.52. The highest BCUT2D eigenvalue weighted by Gasteiger charge is 2.37. The first-order valence-electron chi connectivity index (χ1n) is 6.99. The van der Waals surface area contributed by atoms with Crippen LogP contribution in [0.25, 0.3) is 0 Å². The van der Waals surface area contributed by atoms with Crippen molar-refractivity contribution >= 4 is 23.8 Å². The van der Waals surface area contributed by atoms with Crippen LogP contribution in [0.15, 0.2) is 0 Å². The normalized spacial score (nSPS) is 28.3. The smallest absolute Gasteiger partial charge is 0.327 e. The number of aliphatic carboxylic acids is 1. The number of carboxylic acids is 1. The van der Waals surface area contributed by atoms with Gasteiger partial charge < -0.3 is 14.9 Å². The van der Waals surface area contributed by atoms with Gasteiger partial charge in [0, 0.05) is 18.8 Å². The lowest BCUT2D eigenvalue weighted by molar-refractivity contribution is -0.140. The Balaban J connectivity index is 1.97. The van der Waals surface area contributed by atoms with Gasteiger partial charge in [-0.15, -0.1) is 11.8 Å². The lowest BCUT2D eigenvalue weighted by Crippen LogP contribution is -2.49. The molecule has 0 aliphatic carbocycles. The molecule has 0 saturated carbocycles. The zero-order valence-corrected chi connectivity index (χ0v) is 12.2. The summed E-state index contributed by atoms with van der Waals surface area (Å²) in [6.45, 7) is 3.73. The number of hydrogen-bond acceptors (Lipinski definition) is 3. The number of carbonyl (C=O) groups excluding carboxylic acids is 1. The van der Waals surface area contributed by atoms with Crippen molar-refractivity contribution in [1.29, 1.82) is 0 Å². The van der Waals surface area contributed by atoms with Crippen LogP contribution in [0, 0.1) is 5.92 Å². The maximum Gasteiger partial charge on any atom is 0.327 e. The Morgan fingerprint density at radius 1 is 1.32 bits per heavy atom. The molecule has 0 spiro atoms. The van der Waals surface area contributed by atoms with Crippen LogP contribution in [0.4, 0.5) is 4.79 Å². The molecule has 2 rings (SSSR count). The number of carboxylic acid groups (broad SMARTS) is 1. The number of likely N-dealkylation sites (tertiary alicyclic amines) is 1. The summed E-state index contributed by atoms with van der Waals surface area (Å²) in [5.41, 5.74) is 0. The van der Waals surface area contributed by atoms with E-state index in [1.807, 2.05) is 4.90 Å². The Kier molecular flexibility index (Phi) is 4.96. The van der Waals surface area contributed by atoms with Gasteiger partial charge in [-0.2, -0.15) is 0 Å². The van der Waals surface area contributed by atoms with E-state index in [0.29, 0.717) is 17.5 Å². The monoisotopic (exact) mass is 286 g/mol.